The fourth-order valence-corrected chi connectivity index (χ4v) is 5.94. The third-order valence-electron chi connectivity index (χ3n) is 9.16. The van der Waals surface area contributed by atoms with Gasteiger partial charge < -0.3 is 65.9 Å². The highest BCUT2D eigenvalue weighted by atomic mass is 16.7. The second-order valence-electron chi connectivity index (χ2n) is 13.4. The molecule has 0 aromatic carbocycles. The lowest BCUT2D eigenvalue weighted by molar-refractivity contribution is -0.347. The van der Waals surface area contributed by atoms with Crippen LogP contribution in [0.1, 0.15) is 63.8 Å². The van der Waals surface area contributed by atoms with Crippen LogP contribution in [0.4, 0.5) is 0 Å². The van der Waals surface area contributed by atoms with E-state index in [2.05, 4.69) is 42.4 Å². The molecule has 11 atom stereocenters. The molecule has 1 unspecified atom stereocenters. The first-order valence-electron chi connectivity index (χ1n) is 17.5. The third kappa shape index (κ3) is 11.6. The van der Waals surface area contributed by atoms with Crippen molar-refractivity contribution in [3.05, 3.63) is 11.9 Å². The van der Waals surface area contributed by atoms with Crippen molar-refractivity contribution in [1.82, 2.24) is 30.9 Å². The summed E-state index contributed by atoms with van der Waals surface area (Å²) in [6.07, 6.45) is -6.10. The largest absolute Gasteiger partial charge is 0.394 e. The van der Waals surface area contributed by atoms with Crippen LogP contribution in [-0.4, -0.2) is 162 Å². The molecule has 296 valence electrons. The van der Waals surface area contributed by atoms with Gasteiger partial charge in [0.25, 0.3) is 0 Å². The summed E-state index contributed by atoms with van der Waals surface area (Å²) in [5, 5.41) is 95.6. The Bertz CT molecular complexity index is 1430. The maximum absolute atomic E-state index is 12.9. The second-order valence-corrected chi connectivity index (χ2v) is 13.4. The van der Waals surface area contributed by atoms with E-state index in [4.69, 9.17) is 20.6 Å². The Morgan fingerprint density at radius 2 is 1.68 bits per heavy atom. The summed E-state index contributed by atoms with van der Waals surface area (Å²) >= 11 is 0. The molecule has 3 amide bonds. The van der Waals surface area contributed by atoms with Gasteiger partial charge in [0.2, 0.25) is 17.7 Å². The number of amides is 3. The zero-order chi connectivity index (χ0) is 38.7. The van der Waals surface area contributed by atoms with E-state index in [0.29, 0.717) is 44.3 Å². The van der Waals surface area contributed by atoms with Crippen LogP contribution in [-0.2, 0) is 35.0 Å². The number of aryl methyl sites for hydroxylation is 1. The molecular weight excluding hydrogens is 704 g/mol. The van der Waals surface area contributed by atoms with Crippen molar-refractivity contribution in [2.45, 2.75) is 131 Å². The molecule has 3 aliphatic heterocycles. The fourth-order valence-electron chi connectivity index (χ4n) is 5.94. The molecule has 3 aliphatic rings. The lowest BCUT2D eigenvalue weighted by atomic mass is 9.96. The number of ether oxygens (including phenoxy) is 3. The highest BCUT2D eigenvalue weighted by Gasteiger charge is 2.51. The first-order chi connectivity index (χ1) is 25.3. The highest BCUT2D eigenvalue weighted by molar-refractivity contribution is 5.87. The number of hydrogen-bond acceptors (Lipinski definition) is 17. The van der Waals surface area contributed by atoms with E-state index in [1.54, 1.807) is 0 Å². The molecule has 4 heterocycles. The van der Waals surface area contributed by atoms with Crippen LogP contribution < -0.4 is 16.0 Å². The predicted octanol–water partition coefficient (Wildman–Crippen LogP) is -4.12. The van der Waals surface area contributed by atoms with Crippen molar-refractivity contribution in [3.8, 4) is 12.3 Å². The number of nitrogens with one attached hydrogen (secondary N) is 3. The average Bonchev–Trinajstić information content (AvgIpc) is 3.69. The number of carbonyl (C=O) groups excluding carboxylic acids is 3. The Kier molecular flexibility index (Phi) is 15.5. The predicted molar refractivity (Wildman–Crippen MR) is 178 cm³/mol. The Morgan fingerprint density at radius 3 is 2.36 bits per heavy atom. The van der Waals surface area contributed by atoms with Gasteiger partial charge in [0.05, 0.1) is 31.6 Å². The summed E-state index contributed by atoms with van der Waals surface area (Å²) in [6.45, 7) is 0.835. The number of carbonyl (C=O) groups is 3. The molecule has 0 radical (unpaired) electrons. The van der Waals surface area contributed by atoms with Crippen LogP contribution in [0.25, 0.3) is 0 Å². The Balaban J connectivity index is 1.25. The number of terminal acetylenes is 1. The minimum Gasteiger partial charge on any atom is -0.394 e. The summed E-state index contributed by atoms with van der Waals surface area (Å²) in [7, 11) is 0. The molecule has 21 heteroatoms. The van der Waals surface area contributed by atoms with Gasteiger partial charge in [-0.2, -0.15) is 10.2 Å². The summed E-state index contributed by atoms with van der Waals surface area (Å²) in [5.74, 6) is 1.32. The van der Waals surface area contributed by atoms with E-state index in [0.717, 1.165) is 11.1 Å². The molecule has 2 fully saturated rings. The van der Waals surface area contributed by atoms with Crippen molar-refractivity contribution in [1.29, 1.82) is 0 Å². The molecule has 4 rings (SSSR count). The minimum absolute atomic E-state index is 0.0223. The number of aliphatic hydroxyl groups is 7. The Hall–Kier alpha value is -3.69. The zero-order valence-corrected chi connectivity index (χ0v) is 29.3. The van der Waals surface area contributed by atoms with Crippen LogP contribution in [0.3, 0.4) is 0 Å². The Labute approximate surface area is 305 Å². The molecule has 0 bridgehead atoms. The molecule has 2 saturated heterocycles. The normalized spacial score (nSPS) is 30.9. The molecule has 1 aromatic rings. The monoisotopic (exact) mass is 754 g/mol. The van der Waals surface area contributed by atoms with Crippen molar-refractivity contribution in [2.24, 2.45) is 10.2 Å². The summed E-state index contributed by atoms with van der Waals surface area (Å²) < 4.78 is 17.7. The van der Waals surface area contributed by atoms with Crippen LogP contribution in [0, 0.1) is 12.3 Å². The van der Waals surface area contributed by atoms with E-state index in [1.165, 1.54) is 6.20 Å². The number of rotatable bonds is 20. The number of aliphatic hydroxyl groups excluding tert-OH is 7. The van der Waals surface area contributed by atoms with Gasteiger partial charge in [-0.05, 0) is 39.0 Å². The minimum atomic E-state index is -1.80. The van der Waals surface area contributed by atoms with Gasteiger partial charge in [-0.1, -0.05) is 11.1 Å². The maximum Gasteiger partial charge on any atom is 0.243 e. The van der Waals surface area contributed by atoms with Gasteiger partial charge in [-0.3, -0.25) is 14.4 Å². The first kappa shape index (κ1) is 42.1. The number of aromatic nitrogens is 3. The molecule has 0 saturated carbocycles. The van der Waals surface area contributed by atoms with Crippen molar-refractivity contribution >= 4 is 17.7 Å². The van der Waals surface area contributed by atoms with E-state index >= 15 is 0 Å². The fraction of sp³-hybridized carbons (Fsp3) is 0.781. The van der Waals surface area contributed by atoms with Crippen LogP contribution in [0.2, 0.25) is 0 Å². The third-order valence-corrected chi connectivity index (χ3v) is 9.16. The van der Waals surface area contributed by atoms with Gasteiger partial charge in [0, 0.05) is 25.8 Å². The second kappa shape index (κ2) is 19.6. The summed E-state index contributed by atoms with van der Waals surface area (Å²) in [5.41, 5.74) is -0.0426. The molecule has 1 aromatic heterocycles. The van der Waals surface area contributed by atoms with Gasteiger partial charge in [0.15, 0.2) is 18.2 Å². The molecule has 10 N–H and O–H groups in total. The first-order valence-corrected chi connectivity index (χ1v) is 17.5. The number of unbranched alkanes of at least 4 members (excludes halogenated alkanes) is 1. The van der Waals surface area contributed by atoms with Gasteiger partial charge >= 0.3 is 0 Å². The van der Waals surface area contributed by atoms with Crippen LogP contribution >= 0.6 is 0 Å². The van der Waals surface area contributed by atoms with Crippen LogP contribution in [0.5, 0.6) is 0 Å². The van der Waals surface area contributed by atoms with Crippen molar-refractivity contribution in [3.63, 3.8) is 0 Å². The Morgan fingerprint density at radius 1 is 0.943 bits per heavy atom. The molecule has 0 spiro atoms. The highest BCUT2D eigenvalue weighted by Crippen LogP contribution is 2.33. The van der Waals surface area contributed by atoms with Gasteiger partial charge in [-0.15, -0.1) is 11.5 Å². The smallest absolute Gasteiger partial charge is 0.243 e. The van der Waals surface area contributed by atoms with Crippen molar-refractivity contribution in [2.75, 3.05) is 26.3 Å². The molecule has 21 nitrogen and oxygen atoms in total. The van der Waals surface area contributed by atoms with E-state index in [9.17, 15) is 50.1 Å². The van der Waals surface area contributed by atoms with Crippen molar-refractivity contribution < 1.29 is 64.3 Å². The average molecular weight is 755 g/mol. The lowest BCUT2D eigenvalue weighted by Gasteiger charge is -2.45. The molecule has 53 heavy (non-hydrogen) atoms. The zero-order valence-electron chi connectivity index (χ0n) is 29.3. The van der Waals surface area contributed by atoms with E-state index < -0.39 is 92.4 Å². The standard InChI is InChI=1S/C32H50N8O13/c1-3-12-34-29(50)18(7-4-5-13-33-21(43)8-6-11-32(2)37-38-32)35-22(44)10-9-17-14-40(39-36-17)30-26(48)25(47)28(20(16-42)51-30)53-31-27(49)24(46)23(45)19(15-41)52-31/h1,14,18-20,23-28,30-31,41-42,45-49H,4-13,15-16H2,2H3,(H,33,43)(H,34,50)(H,35,44)/t18?,19-,20-,23+,24+,25-,26-,27-,28-,30-,31+/m1/s1. The van der Waals surface area contributed by atoms with E-state index in [-0.39, 0.29) is 31.0 Å². The molecular formula is C32H50N8O13. The molecule has 0 aliphatic carbocycles. The number of hydrogen-bond donors (Lipinski definition) is 10. The van der Waals surface area contributed by atoms with Gasteiger partial charge in [0.1, 0.15) is 54.9 Å². The van der Waals surface area contributed by atoms with E-state index in [1.807, 2.05) is 6.92 Å². The maximum atomic E-state index is 12.9. The summed E-state index contributed by atoms with van der Waals surface area (Å²) in [6, 6.07) is -0.880. The number of nitrogens with zero attached hydrogens (tertiary/aromatic N) is 5. The topological polar surface area (TPSA) is 312 Å². The van der Waals surface area contributed by atoms with Crippen LogP contribution in [0.15, 0.2) is 16.4 Å². The quantitative estimate of drug-likeness (QED) is 0.0447. The van der Waals surface area contributed by atoms with Gasteiger partial charge in [-0.25, -0.2) is 4.68 Å². The summed E-state index contributed by atoms with van der Waals surface area (Å²) in [4.78, 5) is 37.7. The SMILES string of the molecule is C#CCNC(=O)C(CCCCNC(=O)CCCC1(C)N=N1)NC(=O)CCc1cn([C@@H]2O[C@H](CO)[C@@H](O[C@@H]3O[C@H](CO)[C@H](O)[C@H](O)[C@H]3O)[C@H](O)[C@H]2O)nn1. The lowest BCUT2D eigenvalue weighted by Crippen LogP contribution is -2.63.